The van der Waals surface area contributed by atoms with Crippen LogP contribution in [0.25, 0.3) is 11.5 Å². The number of methoxy groups -OCH3 is 1. The molecule has 1 aromatic carbocycles. The molecule has 0 fully saturated rings. The summed E-state index contributed by atoms with van der Waals surface area (Å²) < 4.78 is 10.8. The summed E-state index contributed by atoms with van der Waals surface area (Å²) in [7, 11) is 1.65. The highest BCUT2D eigenvalue weighted by atomic mass is 16.5. The molecule has 0 saturated carbocycles. The smallest absolute Gasteiger partial charge is 0.248 e. The SMILES string of the molecule is COCCN(CCO)Cc1nnc(-c2ccccc2C)o1. The Morgan fingerprint density at radius 3 is 2.76 bits per heavy atom. The van der Waals surface area contributed by atoms with Gasteiger partial charge in [0.25, 0.3) is 0 Å². The number of ether oxygens (including phenoxy) is 1. The summed E-state index contributed by atoms with van der Waals surface area (Å²) in [4.78, 5) is 2.01. The fraction of sp³-hybridized carbons (Fsp3) is 0.467. The van der Waals surface area contributed by atoms with Crippen molar-refractivity contribution in [2.45, 2.75) is 13.5 Å². The molecule has 1 heterocycles. The van der Waals surface area contributed by atoms with Crippen molar-refractivity contribution < 1.29 is 14.3 Å². The summed E-state index contributed by atoms with van der Waals surface area (Å²) in [5.74, 6) is 1.07. The van der Waals surface area contributed by atoms with Crippen LogP contribution in [-0.2, 0) is 11.3 Å². The lowest BCUT2D eigenvalue weighted by Gasteiger charge is -2.18. The molecule has 2 rings (SSSR count). The van der Waals surface area contributed by atoms with Gasteiger partial charge in [-0.1, -0.05) is 18.2 Å². The Balaban J connectivity index is 2.06. The van der Waals surface area contributed by atoms with Gasteiger partial charge in [-0.05, 0) is 18.6 Å². The average molecular weight is 291 g/mol. The lowest BCUT2D eigenvalue weighted by Crippen LogP contribution is -2.30. The molecule has 6 heteroatoms. The largest absolute Gasteiger partial charge is 0.419 e. The van der Waals surface area contributed by atoms with Crippen molar-refractivity contribution in [2.24, 2.45) is 0 Å². The Bertz CT molecular complexity index is 557. The topological polar surface area (TPSA) is 71.6 Å². The van der Waals surface area contributed by atoms with Crippen LogP contribution in [-0.4, -0.2) is 53.6 Å². The zero-order valence-corrected chi connectivity index (χ0v) is 12.5. The minimum absolute atomic E-state index is 0.0858. The second kappa shape index (κ2) is 7.87. The first-order valence-electron chi connectivity index (χ1n) is 6.95. The number of hydrogen-bond donors (Lipinski definition) is 1. The van der Waals surface area contributed by atoms with Gasteiger partial charge in [-0.3, -0.25) is 4.90 Å². The van der Waals surface area contributed by atoms with Crippen LogP contribution in [0.15, 0.2) is 28.7 Å². The van der Waals surface area contributed by atoms with Crippen LogP contribution < -0.4 is 0 Å². The Hall–Kier alpha value is -1.76. The van der Waals surface area contributed by atoms with Gasteiger partial charge in [0.05, 0.1) is 19.8 Å². The number of benzene rings is 1. The highest BCUT2D eigenvalue weighted by Gasteiger charge is 2.13. The minimum Gasteiger partial charge on any atom is -0.419 e. The number of hydrogen-bond acceptors (Lipinski definition) is 6. The maximum Gasteiger partial charge on any atom is 0.248 e. The Kier molecular flexibility index (Phi) is 5.86. The first kappa shape index (κ1) is 15.6. The van der Waals surface area contributed by atoms with Crippen molar-refractivity contribution in [3.05, 3.63) is 35.7 Å². The summed E-state index contributed by atoms with van der Waals surface area (Å²) in [6.07, 6.45) is 0. The Morgan fingerprint density at radius 2 is 2.05 bits per heavy atom. The molecule has 114 valence electrons. The van der Waals surface area contributed by atoms with Gasteiger partial charge in [0.2, 0.25) is 11.8 Å². The fourth-order valence-electron chi connectivity index (χ4n) is 2.06. The maximum atomic E-state index is 9.08. The molecular formula is C15H21N3O3. The predicted molar refractivity (Wildman–Crippen MR) is 78.7 cm³/mol. The summed E-state index contributed by atoms with van der Waals surface area (Å²) in [6, 6.07) is 7.89. The van der Waals surface area contributed by atoms with Gasteiger partial charge in [0.15, 0.2) is 0 Å². The van der Waals surface area contributed by atoms with Crippen LogP contribution in [0.3, 0.4) is 0 Å². The third kappa shape index (κ3) is 4.35. The fourth-order valence-corrected chi connectivity index (χ4v) is 2.06. The first-order valence-corrected chi connectivity index (χ1v) is 6.95. The molecular weight excluding hydrogens is 270 g/mol. The Morgan fingerprint density at radius 1 is 1.24 bits per heavy atom. The molecule has 0 saturated heterocycles. The van der Waals surface area contributed by atoms with Crippen LogP contribution in [0.2, 0.25) is 0 Å². The zero-order valence-electron chi connectivity index (χ0n) is 12.5. The highest BCUT2D eigenvalue weighted by Crippen LogP contribution is 2.21. The molecule has 0 amide bonds. The monoisotopic (exact) mass is 291 g/mol. The molecule has 0 atom stereocenters. The van der Waals surface area contributed by atoms with Gasteiger partial charge < -0.3 is 14.3 Å². The molecule has 1 aromatic heterocycles. The van der Waals surface area contributed by atoms with E-state index >= 15 is 0 Å². The van der Waals surface area contributed by atoms with Crippen molar-refractivity contribution >= 4 is 0 Å². The van der Waals surface area contributed by atoms with Gasteiger partial charge in [0.1, 0.15) is 0 Å². The van der Waals surface area contributed by atoms with Crippen LogP contribution in [0.5, 0.6) is 0 Å². The number of aryl methyl sites for hydroxylation is 1. The third-order valence-corrected chi connectivity index (χ3v) is 3.23. The highest BCUT2D eigenvalue weighted by molar-refractivity contribution is 5.57. The van der Waals surface area contributed by atoms with E-state index < -0.39 is 0 Å². The standard InChI is InChI=1S/C15H21N3O3/c1-12-5-3-4-6-13(12)15-17-16-14(21-15)11-18(7-9-19)8-10-20-2/h3-6,19H,7-11H2,1-2H3. The number of nitrogens with zero attached hydrogens (tertiary/aromatic N) is 3. The van der Waals surface area contributed by atoms with Gasteiger partial charge in [-0.2, -0.15) is 0 Å². The zero-order chi connectivity index (χ0) is 15.1. The van der Waals surface area contributed by atoms with Crippen molar-refractivity contribution in [3.8, 4) is 11.5 Å². The minimum atomic E-state index is 0.0858. The summed E-state index contributed by atoms with van der Waals surface area (Å²) in [5, 5.41) is 17.3. The van der Waals surface area contributed by atoms with E-state index in [1.807, 2.05) is 36.1 Å². The van der Waals surface area contributed by atoms with Crippen LogP contribution in [0, 0.1) is 6.92 Å². The third-order valence-electron chi connectivity index (χ3n) is 3.23. The van der Waals surface area contributed by atoms with Crippen molar-refractivity contribution in [2.75, 3.05) is 33.4 Å². The predicted octanol–water partition coefficient (Wildman–Crippen LogP) is 1.49. The van der Waals surface area contributed by atoms with E-state index in [2.05, 4.69) is 10.2 Å². The molecule has 6 nitrogen and oxygen atoms in total. The van der Waals surface area contributed by atoms with E-state index in [9.17, 15) is 0 Å². The molecule has 0 aliphatic rings. The number of aromatic nitrogens is 2. The summed E-state index contributed by atoms with van der Waals surface area (Å²) in [5.41, 5.74) is 2.04. The molecule has 0 bridgehead atoms. The molecule has 0 radical (unpaired) electrons. The van der Waals surface area contributed by atoms with Crippen LogP contribution in [0.1, 0.15) is 11.5 Å². The van der Waals surface area contributed by atoms with E-state index in [-0.39, 0.29) is 6.61 Å². The van der Waals surface area contributed by atoms with E-state index in [1.165, 1.54) is 0 Å². The quantitative estimate of drug-likeness (QED) is 0.794. The summed E-state index contributed by atoms with van der Waals surface area (Å²) >= 11 is 0. The lowest BCUT2D eigenvalue weighted by molar-refractivity contribution is 0.121. The first-order chi connectivity index (χ1) is 10.2. The molecule has 0 aliphatic carbocycles. The van der Waals surface area contributed by atoms with Gasteiger partial charge in [-0.15, -0.1) is 10.2 Å². The molecule has 1 N–H and O–H groups in total. The maximum absolute atomic E-state index is 9.08. The van der Waals surface area contributed by atoms with Gasteiger partial charge in [0, 0.05) is 25.8 Å². The number of aliphatic hydroxyl groups is 1. The van der Waals surface area contributed by atoms with E-state index in [0.717, 1.165) is 11.1 Å². The summed E-state index contributed by atoms with van der Waals surface area (Å²) in [6.45, 7) is 4.45. The Labute approximate surface area is 124 Å². The van der Waals surface area contributed by atoms with Crippen LogP contribution in [0.4, 0.5) is 0 Å². The molecule has 0 aliphatic heterocycles. The normalized spacial score (nSPS) is 11.2. The average Bonchev–Trinajstić information content (AvgIpc) is 2.94. The van der Waals surface area contributed by atoms with E-state index in [0.29, 0.717) is 38.0 Å². The van der Waals surface area contributed by atoms with Crippen molar-refractivity contribution in [1.82, 2.24) is 15.1 Å². The van der Waals surface area contributed by atoms with Gasteiger partial charge >= 0.3 is 0 Å². The second-order valence-corrected chi connectivity index (χ2v) is 4.81. The molecule has 0 spiro atoms. The molecule has 21 heavy (non-hydrogen) atoms. The molecule has 0 unspecified atom stereocenters. The van der Waals surface area contributed by atoms with E-state index in [4.69, 9.17) is 14.3 Å². The van der Waals surface area contributed by atoms with Crippen molar-refractivity contribution in [1.29, 1.82) is 0 Å². The molecule has 2 aromatic rings. The van der Waals surface area contributed by atoms with E-state index in [1.54, 1.807) is 7.11 Å². The number of aliphatic hydroxyl groups excluding tert-OH is 1. The van der Waals surface area contributed by atoms with Crippen LogP contribution >= 0.6 is 0 Å². The second-order valence-electron chi connectivity index (χ2n) is 4.81. The number of rotatable bonds is 8. The lowest BCUT2D eigenvalue weighted by atomic mass is 10.1. The van der Waals surface area contributed by atoms with Crippen molar-refractivity contribution in [3.63, 3.8) is 0 Å². The van der Waals surface area contributed by atoms with Gasteiger partial charge in [-0.25, -0.2) is 0 Å².